The van der Waals surface area contributed by atoms with Crippen molar-refractivity contribution in [2.24, 2.45) is 0 Å². The number of rotatable bonds is 20. The molecule has 0 aliphatic rings. The van der Waals surface area contributed by atoms with Crippen molar-refractivity contribution in [1.82, 2.24) is 4.57 Å². The molecule has 212 valence electrons. The van der Waals surface area contributed by atoms with E-state index >= 15 is 0 Å². The van der Waals surface area contributed by atoms with Crippen LogP contribution in [0.5, 0.6) is 5.75 Å². The minimum absolute atomic E-state index is 0.0511. The smallest absolute Gasteiger partial charge is 0.353 e. The summed E-state index contributed by atoms with van der Waals surface area (Å²) in [5.74, 6) is -1.03. The molecule has 5 nitrogen and oxygen atoms in total. The quantitative estimate of drug-likeness (QED) is 0.112. The monoisotopic (exact) mass is 533 g/mol. The molecule has 0 amide bonds. The number of carboxylic acid groups (broad SMARTS) is 1. The Bertz CT molecular complexity index is 1160. The van der Waals surface area contributed by atoms with E-state index in [-0.39, 0.29) is 17.2 Å². The first-order valence-electron chi connectivity index (χ1n) is 15.2. The van der Waals surface area contributed by atoms with E-state index in [2.05, 4.69) is 6.92 Å². The lowest BCUT2D eigenvalue weighted by Crippen LogP contribution is -2.14. The van der Waals surface area contributed by atoms with E-state index in [1.165, 1.54) is 77.0 Å². The minimum atomic E-state index is -1.09. The fourth-order valence-corrected chi connectivity index (χ4v) is 5.54. The van der Waals surface area contributed by atoms with Crippen LogP contribution in [0.4, 0.5) is 0 Å². The fraction of sp³-hybridized carbons (Fsp3) is 0.529. The lowest BCUT2D eigenvalue weighted by molar-refractivity contribution is 0.0681. The summed E-state index contributed by atoms with van der Waals surface area (Å²) in [6.07, 6.45) is 19.4. The summed E-state index contributed by atoms with van der Waals surface area (Å²) >= 11 is 0. The standard InChI is InChI=1S/C34H47NO4/c1-2-3-4-5-6-7-8-9-10-11-12-13-14-15-16-21-31(37)32-29-19-17-18-20-30(29)35(33(32)34(38)39)26-27-22-24-28(36)25-23-27/h17-20,22-25,36H,2-16,21,26H2,1H3,(H,38,39). The van der Waals surface area contributed by atoms with Crippen LogP contribution in [0.1, 0.15) is 136 Å². The van der Waals surface area contributed by atoms with Crippen LogP contribution >= 0.6 is 0 Å². The highest BCUT2D eigenvalue weighted by atomic mass is 16.4. The number of phenols is 1. The van der Waals surface area contributed by atoms with Gasteiger partial charge in [-0.05, 0) is 30.2 Å². The highest BCUT2D eigenvalue weighted by molar-refractivity contribution is 6.15. The van der Waals surface area contributed by atoms with Gasteiger partial charge >= 0.3 is 5.97 Å². The average molecular weight is 534 g/mol. The number of carbonyl (C=O) groups is 2. The van der Waals surface area contributed by atoms with Gasteiger partial charge in [0.05, 0.1) is 5.56 Å². The summed E-state index contributed by atoms with van der Waals surface area (Å²) in [5, 5.41) is 20.4. The molecular formula is C34H47NO4. The minimum Gasteiger partial charge on any atom is -0.508 e. The first-order valence-corrected chi connectivity index (χ1v) is 15.2. The summed E-state index contributed by atoms with van der Waals surface area (Å²) in [5.41, 5.74) is 1.97. The van der Waals surface area contributed by atoms with Gasteiger partial charge in [-0.25, -0.2) is 4.79 Å². The summed E-state index contributed by atoms with van der Waals surface area (Å²) < 4.78 is 1.71. The summed E-state index contributed by atoms with van der Waals surface area (Å²) in [4.78, 5) is 25.7. The fourth-order valence-electron chi connectivity index (χ4n) is 5.54. The van der Waals surface area contributed by atoms with Gasteiger partial charge in [0.25, 0.3) is 0 Å². The molecule has 2 N–H and O–H groups in total. The van der Waals surface area contributed by atoms with E-state index in [1.807, 2.05) is 24.3 Å². The van der Waals surface area contributed by atoms with E-state index in [9.17, 15) is 19.8 Å². The van der Waals surface area contributed by atoms with Gasteiger partial charge in [0, 0.05) is 23.9 Å². The molecule has 0 spiro atoms. The molecule has 0 atom stereocenters. The number of benzene rings is 2. The number of aromatic hydroxyl groups is 1. The number of hydrogen-bond acceptors (Lipinski definition) is 3. The Morgan fingerprint density at radius 2 is 1.21 bits per heavy atom. The van der Waals surface area contributed by atoms with Crippen LogP contribution in [-0.4, -0.2) is 26.5 Å². The Balaban J connectivity index is 1.44. The van der Waals surface area contributed by atoms with Crippen molar-refractivity contribution in [3.63, 3.8) is 0 Å². The largest absolute Gasteiger partial charge is 0.508 e. The molecule has 1 aromatic heterocycles. The number of phenolic OH excluding ortho intramolecular Hbond substituents is 1. The van der Waals surface area contributed by atoms with Crippen molar-refractivity contribution < 1.29 is 19.8 Å². The molecular weight excluding hydrogens is 486 g/mol. The number of carbonyl (C=O) groups excluding carboxylic acids is 1. The zero-order chi connectivity index (χ0) is 27.9. The van der Waals surface area contributed by atoms with Crippen LogP contribution < -0.4 is 0 Å². The van der Waals surface area contributed by atoms with Crippen molar-refractivity contribution in [2.45, 2.75) is 116 Å². The lowest BCUT2D eigenvalue weighted by Gasteiger charge is -2.09. The molecule has 0 aliphatic heterocycles. The highest BCUT2D eigenvalue weighted by Gasteiger charge is 2.26. The molecule has 3 aromatic rings. The number of aromatic nitrogens is 1. The Kier molecular flexibility index (Phi) is 13.1. The van der Waals surface area contributed by atoms with E-state index in [0.717, 1.165) is 30.3 Å². The second-order valence-electron chi connectivity index (χ2n) is 10.9. The molecule has 0 radical (unpaired) electrons. The van der Waals surface area contributed by atoms with Crippen LogP contribution in [0.25, 0.3) is 10.9 Å². The normalized spacial score (nSPS) is 11.3. The first kappa shape index (κ1) is 30.5. The number of nitrogens with zero attached hydrogens (tertiary/aromatic N) is 1. The van der Waals surface area contributed by atoms with Gasteiger partial charge in [0.2, 0.25) is 0 Å². The van der Waals surface area contributed by atoms with Gasteiger partial charge in [0.15, 0.2) is 5.78 Å². The molecule has 2 aromatic carbocycles. The van der Waals surface area contributed by atoms with Crippen LogP contribution in [0.3, 0.4) is 0 Å². The van der Waals surface area contributed by atoms with Crippen LogP contribution in [0.2, 0.25) is 0 Å². The molecule has 0 saturated carbocycles. The topological polar surface area (TPSA) is 79.5 Å². The van der Waals surface area contributed by atoms with Crippen molar-refractivity contribution in [3.05, 3.63) is 65.4 Å². The lowest BCUT2D eigenvalue weighted by atomic mass is 10.00. The Morgan fingerprint density at radius 3 is 1.74 bits per heavy atom. The Morgan fingerprint density at radius 1 is 0.692 bits per heavy atom. The molecule has 1 heterocycles. The Labute approximate surface area is 234 Å². The van der Waals surface area contributed by atoms with E-state index in [4.69, 9.17) is 0 Å². The third kappa shape index (κ3) is 9.56. The molecule has 0 fully saturated rings. The zero-order valence-electron chi connectivity index (χ0n) is 23.8. The van der Waals surface area contributed by atoms with Gasteiger partial charge in [0.1, 0.15) is 11.4 Å². The van der Waals surface area contributed by atoms with Crippen LogP contribution in [0, 0.1) is 0 Å². The average Bonchev–Trinajstić information content (AvgIpc) is 3.26. The third-order valence-electron chi connectivity index (χ3n) is 7.74. The van der Waals surface area contributed by atoms with Crippen molar-refractivity contribution in [3.8, 4) is 5.75 Å². The van der Waals surface area contributed by atoms with Crippen molar-refractivity contribution in [1.29, 1.82) is 0 Å². The molecule has 0 unspecified atom stereocenters. The zero-order valence-corrected chi connectivity index (χ0v) is 23.8. The Hall–Kier alpha value is -3.08. The summed E-state index contributed by atoms with van der Waals surface area (Å²) in [6, 6.07) is 14.1. The third-order valence-corrected chi connectivity index (χ3v) is 7.74. The summed E-state index contributed by atoms with van der Waals surface area (Å²) in [6.45, 7) is 2.58. The predicted octanol–water partition coefficient (Wildman–Crippen LogP) is 9.54. The molecule has 0 aliphatic carbocycles. The number of unbranched alkanes of at least 4 members (excludes halogenated alkanes) is 14. The second-order valence-corrected chi connectivity index (χ2v) is 10.9. The van der Waals surface area contributed by atoms with E-state index in [0.29, 0.717) is 23.9 Å². The van der Waals surface area contributed by atoms with Crippen LogP contribution in [0.15, 0.2) is 48.5 Å². The summed E-state index contributed by atoms with van der Waals surface area (Å²) in [7, 11) is 0. The maximum atomic E-state index is 13.3. The number of aromatic carboxylic acids is 1. The van der Waals surface area contributed by atoms with Gasteiger partial charge in [-0.15, -0.1) is 0 Å². The van der Waals surface area contributed by atoms with Gasteiger partial charge in [-0.1, -0.05) is 127 Å². The molecule has 39 heavy (non-hydrogen) atoms. The number of para-hydroxylation sites is 1. The van der Waals surface area contributed by atoms with Crippen molar-refractivity contribution in [2.75, 3.05) is 0 Å². The molecule has 3 rings (SSSR count). The highest BCUT2D eigenvalue weighted by Crippen LogP contribution is 2.29. The number of fused-ring (bicyclic) bond motifs is 1. The maximum absolute atomic E-state index is 13.3. The number of ketones is 1. The molecule has 0 saturated heterocycles. The number of hydrogen-bond donors (Lipinski definition) is 2. The molecule has 0 bridgehead atoms. The van der Waals surface area contributed by atoms with Gasteiger partial charge in [-0.3, -0.25) is 4.79 Å². The van der Waals surface area contributed by atoms with E-state index < -0.39 is 5.97 Å². The SMILES string of the molecule is CCCCCCCCCCCCCCCCCC(=O)c1c(C(=O)O)n(Cc2ccc(O)cc2)c2ccccc12. The van der Waals surface area contributed by atoms with Gasteiger partial charge < -0.3 is 14.8 Å². The van der Waals surface area contributed by atoms with E-state index in [1.54, 1.807) is 28.8 Å². The number of Topliss-reactive ketones (excluding diaryl/α,β-unsaturated/α-hetero) is 1. The maximum Gasteiger partial charge on any atom is 0.353 e. The van der Waals surface area contributed by atoms with Crippen molar-refractivity contribution >= 4 is 22.7 Å². The van der Waals surface area contributed by atoms with Crippen LogP contribution in [-0.2, 0) is 6.54 Å². The molecule has 5 heteroatoms. The first-order chi connectivity index (χ1) is 19.0. The van der Waals surface area contributed by atoms with Gasteiger partial charge in [-0.2, -0.15) is 0 Å². The predicted molar refractivity (Wildman–Crippen MR) is 160 cm³/mol. The second kappa shape index (κ2) is 16.8. The number of carboxylic acids is 1.